The van der Waals surface area contributed by atoms with Crippen LogP contribution in [-0.4, -0.2) is 17.7 Å². The van der Waals surface area contributed by atoms with E-state index in [2.05, 4.69) is 4.74 Å². The molecule has 30 heavy (non-hydrogen) atoms. The Labute approximate surface area is 170 Å². The lowest BCUT2D eigenvalue weighted by Gasteiger charge is -2.18. The molecular weight excluding hydrogens is 401 g/mol. The zero-order chi connectivity index (χ0) is 21.5. The van der Waals surface area contributed by atoms with E-state index in [1.807, 2.05) is 0 Å². The third kappa shape index (κ3) is 5.22. The third-order valence-corrected chi connectivity index (χ3v) is 4.04. The minimum absolute atomic E-state index is 0.103. The lowest BCUT2D eigenvalue weighted by Crippen LogP contribution is -2.11. The normalized spacial score (nSPS) is 10.7. The Morgan fingerprint density at radius 1 is 0.867 bits per heavy atom. The van der Waals surface area contributed by atoms with Crippen LogP contribution in [0, 0.1) is 5.82 Å². The Morgan fingerprint density at radius 3 is 1.83 bits per heavy atom. The zero-order valence-electron chi connectivity index (χ0n) is 15.6. The number of aromatic carboxylic acids is 1. The number of alkyl halides is 2. The third-order valence-electron chi connectivity index (χ3n) is 4.04. The lowest BCUT2D eigenvalue weighted by atomic mass is 10.1. The monoisotopic (exact) mass is 418 g/mol. The number of ether oxygens (including phenoxy) is 3. The molecule has 0 saturated heterocycles. The second kappa shape index (κ2) is 9.69. The van der Waals surface area contributed by atoms with Crippen LogP contribution in [0.25, 0.3) is 0 Å². The van der Waals surface area contributed by atoms with Crippen LogP contribution in [0.4, 0.5) is 13.2 Å². The largest absolute Gasteiger partial charge is 0.482 e. The summed E-state index contributed by atoms with van der Waals surface area (Å²) in [5, 5.41) is 9.25. The average molecular weight is 418 g/mol. The molecule has 0 aliphatic heterocycles. The number of halogens is 3. The van der Waals surface area contributed by atoms with Crippen LogP contribution in [0.15, 0.2) is 66.7 Å². The molecule has 0 unspecified atom stereocenters. The summed E-state index contributed by atoms with van der Waals surface area (Å²) in [5.74, 6) is -4.61. The molecule has 0 aromatic heterocycles. The van der Waals surface area contributed by atoms with Gasteiger partial charge in [-0.1, -0.05) is 60.7 Å². The maximum absolute atomic E-state index is 14.9. The van der Waals surface area contributed by atoms with Crippen LogP contribution in [0.1, 0.15) is 21.5 Å². The first-order valence-corrected chi connectivity index (χ1v) is 8.83. The van der Waals surface area contributed by atoms with Gasteiger partial charge in [0.15, 0.2) is 11.6 Å². The summed E-state index contributed by atoms with van der Waals surface area (Å²) in [6, 6.07) is 18.0. The smallest absolute Gasteiger partial charge is 0.387 e. The topological polar surface area (TPSA) is 65.0 Å². The molecule has 0 fully saturated rings. The molecule has 1 N–H and O–H groups in total. The second-order valence-electron chi connectivity index (χ2n) is 6.13. The number of rotatable bonds is 9. The highest BCUT2D eigenvalue weighted by Gasteiger charge is 2.27. The van der Waals surface area contributed by atoms with Gasteiger partial charge in [0.2, 0.25) is 11.5 Å². The summed E-state index contributed by atoms with van der Waals surface area (Å²) in [6.07, 6.45) is 0. The molecule has 0 spiro atoms. The SMILES string of the molecule is O=C(O)c1cc(OC(F)F)c(OCc2ccccc2)c(OCc2ccccc2)c1F. The van der Waals surface area contributed by atoms with E-state index in [1.54, 1.807) is 60.7 Å². The van der Waals surface area contributed by atoms with Gasteiger partial charge < -0.3 is 19.3 Å². The van der Waals surface area contributed by atoms with Gasteiger partial charge in [-0.15, -0.1) is 0 Å². The van der Waals surface area contributed by atoms with E-state index >= 15 is 0 Å². The van der Waals surface area contributed by atoms with E-state index in [0.717, 1.165) is 0 Å². The maximum atomic E-state index is 14.9. The van der Waals surface area contributed by atoms with Crippen molar-refractivity contribution >= 4 is 5.97 Å². The van der Waals surface area contributed by atoms with Crippen LogP contribution >= 0.6 is 0 Å². The molecule has 5 nitrogen and oxygen atoms in total. The summed E-state index contributed by atoms with van der Waals surface area (Å²) in [4.78, 5) is 11.4. The highest BCUT2D eigenvalue weighted by atomic mass is 19.3. The summed E-state index contributed by atoms with van der Waals surface area (Å²) in [6.45, 7) is -3.52. The fraction of sp³-hybridized carbons (Fsp3) is 0.136. The molecule has 3 aromatic rings. The van der Waals surface area contributed by atoms with Crippen LogP contribution in [0.2, 0.25) is 0 Å². The molecule has 0 amide bonds. The van der Waals surface area contributed by atoms with Gasteiger partial charge in [0.25, 0.3) is 0 Å². The van der Waals surface area contributed by atoms with Crippen LogP contribution < -0.4 is 14.2 Å². The summed E-state index contributed by atoms with van der Waals surface area (Å²) in [5.41, 5.74) is 0.459. The summed E-state index contributed by atoms with van der Waals surface area (Å²) < 4.78 is 56.2. The van der Waals surface area contributed by atoms with Crippen molar-refractivity contribution in [2.75, 3.05) is 0 Å². The minimum Gasteiger partial charge on any atom is -0.482 e. The number of hydrogen-bond donors (Lipinski definition) is 1. The average Bonchev–Trinajstić information content (AvgIpc) is 2.73. The van der Waals surface area contributed by atoms with Crippen molar-refractivity contribution in [3.05, 3.63) is 89.2 Å². The van der Waals surface area contributed by atoms with E-state index in [9.17, 15) is 23.1 Å². The van der Waals surface area contributed by atoms with Gasteiger partial charge in [-0.3, -0.25) is 0 Å². The van der Waals surface area contributed by atoms with E-state index in [1.165, 1.54) is 0 Å². The Kier molecular flexibility index (Phi) is 6.79. The summed E-state index contributed by atoms with van der Waals surface area (Å²) in [7, 11) is 0. The van der Waals surface area contributed by atoms with Gasteiger partial charge in [-0.05, 0) is 11.1 Å². The number of benzene rings is 3. The molecule has 0 saturated carbocycles. The molecule has 8 heteroatoms. The van der Waals surface area contributed by atoms with Gasteiger partial charge >= 0.3 is 12.6 Å². The predicted molar refractivity (Wildman–Crippen MR) is 102 cm³/mol. The fourth-order valence-corrected chi connectivity index (χ4v) is 2.66. The maximum Gasteiger partial charge on any atom is 0.387 e. The van der Waals surface area contributed by atoms with E-state index in [4.69, 9.17) is 9.47 Å². The molecule has 0 aliphatic rings. The molecule has 156 valence electrons. The van der Waals surface area contributed by atoms with Crippen LogP contribution in [-0.2, 0) is 13.2 Å². The number of carbonyl (C=O) groups is 1. The van der Waals surface area contributed by atoms with Crippen molar-refractivity contribution in [3.8, 4) is 17.2 Å². The van der Waals surface area contributed by atoms with Gasteiger partial charge in [-0.2, -0.15) is 8.78 Å². The lowest BCUT2D eigenvalue weighted by molar-refractivity contribution is -0.0519. The van der Waals surface area contributed by atoms with Crippen molar-refractivity contribution in [2.24, 2.45) is 0 Å². The number of carboxylic acid groups (broad SMARTS) is 1. The Bertz CT molecular complexity index is 995. The Balaban J connectivity index is 2.01. The van der Waals surface area contributed by atoms with Crippen LogP contribution in [0.5, 0.6) is 17.2 Å². The predicted octanol–water partition coefficient (Wildman–Crippen LogP) is 5.28. The van der Waals surface area contributed by atoms with Crippen molar-refractivity contribution in [3.63, 3.8) is 0 Å². The summed E-state index contributed by atoms with van der Waals surface area (Å²) >= 11 is 0. The number of hydrogen-bond acceptors (Lipinski definition) is 4. The molecule has 0 atom stereocenters. The van der Waals surface area contributed by atoms with E-state index < -0.39 is 41.2 Å². The van der Waals surface area contributed by atoms with Gasteiger partial charge in [-0.25, -0.2) is 9.18 Å². The van der Waals surface area contributed by atoms with Gasteiger partial charge in [0, 0.05) is 6.07 Å². The highest BCUT2D eigenvalue weighted by Crippen LogP contribution is 2.43. The van der Waals surface area contributed by atoms with Crippen molar-refractivity contribution in [1.82, 2.24) is 0 Å². The Hall–Kier alpha value is -3.68. The quantitative estimate of drug-likeness (QED) is 0.512. The molecule has 0 radical (unpaired) electrons. The van der Waals surface area contributed by atoms with Crippen LogP contribution in [0.3, 0.4) is 0 Å². The Morgan fingerprint density at radius 2 is 1.37 bits per heavy atom. The molecule has 0 bridgehead atoms. The van der Waals surface area contributed by atoms with Gasteiger partial charge in [0.1, 0.15) is 18.8 Å². The highest BCUT2D eigenvalue weighted by molar-refractivity contribution is 5.90. The first-order chi connectivity index (χ1) is 14.5. The first kappa shape index (κ1) is 21.0. The van der Waals surface area contributed by atoms with E-state index in [-0.39, 0.29) is 13.2 Å². The molecule has 0 heterocycles. The van der Waals surface area contributed by atoms with Crippen molar-refractivity contribution in [2.45, 2.75) is 19.8 Å². The molecule has 3 rings (SSSR count). The second-order valence-corrected chi connectivity index (χ2v) is 6.13. The standard InChI is InChI=1S/C22H17F3O5/c23-18-16(21(26)27)11-17(30-22(24)25)19(28-12-14-7-3-1-4-8-14)20(18)29-13-15-9-5-2-6-10-15/h1-11,22H,12-13H2,(H,26,27). The molecule has 3 aromatic carbocycles. The fourth-order valence-electron chi connectivity index (χ4n) is 2.66. The van der Waals surface area contributed by atoms with E-state index in [0.29, 0.717) is 17.2 Å². The van der Waals surface area contributed by atoms with Gasteiger partial charge in [0.05, 0.1) is 0 Å². The molecule has 0 aliphatic carbocycles. The zero-order valence-corrected chi connectivity index (χ0v) is 15.6. The minimum atomic E-state index is -3.28. The molecular formula is C22H17F3O5. The first-order valence-electron chi connectivity index (χ1n) is 8.83. The number of carboxylic acids is 1. The van der Waals surface area contributed by atoms with Crippen molar-refractivity contribution < 1.29 is 37.3 Å². The van der Waals surface area contributed by atoms with Crippen molar-refractivity contribution in [1.29, 1.82) is 0 Å².